The van der Waals surface area contributed by atoms with Gasteiger partial charge < -0.3 is 7.96 Å². The van der Waals surface area contributed by atoms with Gasteiger partial charge in [0.05, 0.1) is 15.5 Å². The molecular formula is C16H13N3Na2O9S2. The van der Waals surface area contributed by atoms with Crippen molar-refractivity contribution in [3.05, 3.63) is 58.6 Å². The molecule has 160 valence electrons. The Morgan fingerprint density at radius 2 is 1.47 bits per heavy atom. The molecule has 0 fully saturated rings. The van der Waals surface area contributed by atoms with Crippen LogP contribution in [0.1, 0.15) is 2.85 Å². The van der Waals surface area contributed by atoms with Gasteiger partial charge in [0, 0.05) is 17.5 Å². The summed E-state index contributed by atoms with van der Waals surface area (Å²) in [6.07, 6.45) is 0. The maximum absolute atomic E-state index is 11.8. The minimum atomic E-state index is -4.93. The molecule has 0 aliphatic rings. The number of rotatable bonds is 5. The summed E-state index contributed by atoms with van der Waals surface area (Å²) in [7, 11) is -9.54. The van der Waals surface area contributed by atoms with Crippen molar-refractivity contribution in [3.63, 3.8) is 0 Å². The Kier molecular flexibility index (Phi) is 9.51. The maximum atomic E-state index is 11.8. The van der Waals surface area contributed by atoms with E-state index in [1.54, 1.807) is 0 Å². The van der Waals surface area contributed by atoms with E-state index < -0.39 is 46.4 Å². The molecule has 0 spiro atoms. The molecule has 0 radical (unpaired) electrons. The summed E-state index contributed by atoms with van der Waals surface area (Å²) < 4.78 is 64.7. The number of hydrogen-bond donors (Lipinski definition) is 3. The van der Waals surface area contributed by atoms with E-state index in [-0.39, 0.29) is 84.1 Å². The first-order valence-electron chi connectivity index (χ1n) is 7.79. The van der Waals surface area contributed by atoms with Gasteiger partial charge in [-0.05, 0) is 41.8 Å². The normalized spacial score (nSPS) is 11.7. The van der Waals surface area contributed by atoms with Gasteiger partial charge in [-0.2, -0.15) is 21.9 Å². The molecule has 0 atom stereocenters. The standard InChI is InChI=1S/C16H11N3O9S2.2Na.2H/c20-16-13-6-5-12(29(23,24)25)7-9(13)8-14(30(26,27)28)15(16)18-17-10-1-3-11(4-2-10)19(21)22;;;;/h1-8,20H,(H,23,24,25)(H,26,27,28);;;;/q;2*+1;2*-1. The van der Waals surface area contributed by atoms with Gasteiger partial charge in [0.2, 0.25) is 0 Å². The zero-order valence-electron chi connectivity index (χ0n) is 18.6. The van der Waals surface area contributed by atoms with Crippen molar-refractivity contribution < 1.29 is 97.9 Å². The average molecular weight is 501 g/mol. The minimum Gasteiger partial charge on any atom is -1.00 e. The molecule has 0 saturated heterocycles. The number of azo groups is 1. The first-order valence-corrected chi connectivity index (χ1v) is 10.7. The fourth-order valence-corrected chi connectivity index (χ4v) is 3.71. The number of nitro groups is 1. The zero-order valence-corrected chi connectivity index (χ0v) is 22.2. The molecule has 0 aliphatic heterocycles. The van der Waals surface area contributed by atoms with Crippen LogP contribution in [0.2, 0.25) is 0 Å². The van der Waals surface area contributed by atoms with Crippen LogP contribution in [0.4, 0.5) is 17.1 Å². The molecule has 0 aliphatic carbocycles. The van der Waals surface area contributed by atoms with Crippen LogP contribution in [-0.4, -0.2) is 36.0 Å². The van der Waals surface area contributed by atoms with Crippen LogP contribution in [0.25, 0.3) is 10.8 Å². The van der Waals surface area contributed by atoms with E-state index in [0.717, 1.165) is 36.4 Å². The molecule has 3 aromatic rings. The molecule has 0 heterocycles. The molecule has 0 bridgehead atoms. The van der Waals surface area contributed by atoms with E-state index >= 15 is 0 Å². The van der Waals surface area contributed by atoms with Gasteiger partial charge >= 0.3 is 59.1 Å². The summed E-state index contributed by atoms with van der Waals surface area (Å²) in [4.78, 5) is 8.61. The van der Waals surface area contributed by atoms with Gasteiger partial charge in [-0.25, -0.2) is 0 Å². The quantitative estimate of drug-likeness (QED) is 0.112. The van der Waals surface area contributed by atoms with Crippen molar-refractivity contribution in [2.45, 2.75) is 9.79 Å². The smallest absolute Gasteiger partial charge is 1.00 e. The topological polar surface area (TPSA) is 197 Å². The molecule has 3 aromatic carbocycles. The van der Waals surface area contributed by atoms with E-state index in [2.05, 4.69) is 10.2 Å². The monoisotopic (exact) mass is 501 g/mol. The predicted octanol–water partition coefficient (Wildman–Crippen LogP) is -2.40. The van der Waals surface area contributed by atoms with Crippen LogP contribution in [0.3, 0.4) is 0 Å². The van der Waals surface area contributed by atoms with Crippen molar-refractivity contribution in [2.24, 2.45) is 10.2 Å². The number of phenols is 1. The van der Waals surface area contributed by atoms with E-state index in [9.17, 15) is 36.6 Å². The van der Waals surface area contributed by atoms with Crippen molar-refractivity contribution in [2.75, 3.05) is 0 Å². The Labute approximate surface area is 228 Å². The average Bonchev–Trinajstić information content (AvgIpc) is 2.65. The number of nitrogens with zero attached hydrogens (tertiary/aromatic N) is 3. The number of hydrogen-bond acceptors (Lipinski definition) is 9. The third-order valence-corrected chi connectivity index (χ3v) is 5.64. The molecule has 0 unspecified atom stereocenters. The predicted molar refractivity (Wildman–Crippen MR) is 105 cm³/mol. The Morgan fingerprint density at radius 1 is 0.875 bits per heavy atom. The van der Waals surface area contributed by atoms with Gasteiger partial charge in [-0.15, -0.1) is 5.11 Å². The number of aromatic hydroxyl groups is 1. The van der Waals surface area contributed by atoms with Gasteiger partial charge in [-0.1, -0.05) is 0 Å². The molecule has 16 heteroatoms. The molecule has 3 N–H and O–H groups in total. The summed E-state index contributed by atoms with van der Waals surface area (Å²) >= 11 is 0. The minimum absolute atomic E-state index is 0. The molecule has 32 heavy (non-hydrogen) atoms. The summed E-state index contributed by atoms with van der Waals surface area (Å²) in [6, 6.07) is 8.55. The fourth-order valence-electron chi connectivity index (χ4n) is 2.53. The van der Waals surface area contributed by atoms with Crippen LogP contribution in [0, 0.1) is 10.1 Å². The van der Waals surface area contributed by atoms with Crippen LogP contribution in [0.15, 0.2) is 68.6 Å². The van der Waals surface area contributed by atoms with E-state index in [1.807, 2.05) is 0 Å². The fraction of sp³-hybridized carbons (Fsp3) is 0. The number of non-ortho nitro benzene ring substituents is 1. The summed E-state index contributed by atoms with van der Waals surface area (Å²) in [5.41, 5.74) is -0.762. The number of phenolic OH excluding ortho intramolecular Hbond substituents is 1. The van der Waals surface area contributed by atoms with E-state index in [1.165, 1.54) is 12.1 Å². The maximum Gasteiger partial charge on any atom is 1.00 e. The summed E-state index contributed by atoms with van der Waals surface area (Å²) in [5, 5.41) is 28.3. The van der Waals surface area contributed by atoms with E-state index in [4.69, 9.17) is 4.55 Å². The number of benzene rings is 3. The Morgan fingerprint density at radius 3 is 1.97 bits per heavy atom. The molecule has 12 nitrogen and oxygen atoms in total. The Balaban J connectivity index is 0. The molecule has 3 rings (SSSR count). The van der Waals surface area contributed by atoms with Crippen molar-refractivity contribution in [1.82, 2.24) is 0 Å². The molecular weight excluding hydrogens is 488 g/mol. The van der Waals surface area contributed by atoms with Crippen molar-refractivity contribution in [1.29, 1.82) is 0 Å². The largest absolute Gasteiger partial charge is 1.00 e. The Bertz CT molecular complexity index is 1440. The van der Waals surface area contributed by atoms with Crippen molar-refractivity contribution >= 4 is 48.1 Å². The third-order valence-electron chi connectivity index (χ3n) is 3.92. The summed E-state index contributed by atoms with van der Waals surface area (Å²) in [5.74, 6) is -0.729. The van der Waals surface area contributed by atoms with Gasteiger partial charge in [0.25, 0.3) is 25.9 Å². The first-order chi connectivity index (χ1) is 13.9. The number of nitro benzene ring substituents is 1. The second kappa shape index (κ2) is 10.6. The SMILES string of the molecule is O=[N+]([O-])c1ccc(N=Nc2c(S(=O)(=O)O)cc3cc(S(=O)(=O)O)ccc3c2O)cc1.[H-].[H-].[Na+].[Na+]. The van der Waals surface area contributed by atoms with Gasteiger partial charge in [0.1, 0.15) is 10.6 Å². The number of fused-ring (bicyclic) bond motifs is 1. The molecule has 0 amide bonds. The molecule has 0 saturated carbocycles. The van der Waals surface area contributed by atoms with Crippen LogP contribution < -0.4 is 59.1 Å². The van der Waals surface area contributed by atoms with Gasteiger partial charge in [-0.3, -0.25) is 19.2 Å². The van der Waals surface area contributed by atoms with Gasteiger partial charge in [0.15, 0.2) is 5.75 Å². The van der Waals surface area contributed by atoms with Crippen LogP contribution in [-0.2, 0) is 20.2 Å². The second-order valence-electron chi connectivity index (χ2n) is 5.88. The Hall–Kier alpha value is -1.46. The van der Waals surface area contributed by atoms with Crippen LogP contribution >= 0.6 is 0 Å². The first kappa shape index (κ1) is 28.6. The van der Waals surface area contributed by atoms with Crippen LogP contribution in [0.5, 0.6) is 5.75 Å². The summed E-state index contributed by atoms with van der Waals surface area (Å²) in [6.45, 7) is 0. The van der Waals surface area contributed by atoms with Crippen molar-refractivity contribution in [3.8, 4) is 5.75 Å². The zero-order chi connectivity index (χ0) is 22.3. The van der Waals surface area contributed by atoms with E-state index in [0.29, 0.717) is 0 Å². The molecule has 0 aromatic heterocycles. The third kappa shape index (κ3) is 6.32. The second-order valence-corrected chi connectivity index (χ2v) is 8.69.